The smallest absolute Gasteiger partial charge is 0.435 e. The first-order valence-electron chi connectivity index (χ1n) is 12.8. The van der Waals surface area contributed by atoms with Crippen molar-refractivity contribution in [3.8, 4) is 16.9 Å². The van der Waals surface area contributed by atoms with Gasteiger partial charge in [-0.1, -0.05) is 36.8 Å². The van der Waals surface area contributed by atoms with Gasteiger partial charge >= 0.3 is 18.2 Å². The zero-order valence-electron chi connectivity index (χ0n) is 22.9. The Morgan fingerprint density at radius 2 is 1.74 bits per heavy atom. The molecule has 0 bridgehead atoms. The Kier molecular flexibility index (Phi) is 9.53. The summed E-state index contributed by atoms with van der Waals surface area (Å²) in [5.41, 5.74) is 0.625. The first-order chi connectivity index (χ1) is 20.4. The Morgan fingerprint density at radius 3 is 2.37 bits per heavy atom. The van der Waals surface area contributed by atoms with Crippen molar-refractivity contribution in [2.45, 2.75) is 31.3 Å². The van der Waals surface area contributed by atoms with Gasteiger partial charge in [0.25, 0.3) is 16.8 Å². The first-order valence-corrected chi connectivity index (χ1v) is 14.3. The third kappa shape index (κ3) is 8.21. The number of sulfonamides is 1. The summed E-state index contributed by atoms with van der Waals surface area (Å²) in [4.78, 5) is 27.5. The molecule has 43 heavy (non-hydrogen) atoms. The maximum Gasteiger partial charge on any atom is 0.435 e. The number of amides is 1. The monoisotopic (exact) mass is 624 g/mol. The Balaban J connectivity index is 1.32. The molecular weight excluding hydrogens is 597 g/mol. The second-order valence-corrected chi connectivity index (χ2v) is 11.1. The van der Waals surface area contributed by atoms with Gasteiger partial charge in [-0.2, -0.15) is 18.3 Å². The standard InChI is InChI=1S/C26H27F3N6O7S/c1-3-24(36)41-16-42-33-32-34-13-18(14-34)15-40-25(37)31-43(38,39)21-10-8-20(9-11-21)35-22(12-23(30-35)26(27,28)29)19-6-4-17(2)5-7-19/h4-12,18H,3,13-16H2,1-2H3,(H,31,37)/b33-32-. The van der Waals surface area contributed by atoms with Crippen molar-refractivity contribution in [2.24, 2.45) is 16.4 Å². The van der Waals surface area contributed by atoms with E-state index in [0.717, 1.165) is 28.4 Å². The van der Waals surface area contributed by atoms with Gasteiger partial charge in [0.15, 0.2) is 5.69 Å². The lowest BCUT2D eigenvalue weighted by molar-refractivity contribution is -0.157. The van der Waals surface area contributed by atoms with Gasteiger partial charge in [-0.05, 0) is 42.5 Å². The maximum atomic E-state index is 13.4. The normalized spacial score (nSPS) is 13.9. The predicted molar refractivity (Wildman–Crippen MR) is 143 cm³/mol. The molecule has 3 aromatic rings. The molecular formula is C26H27F3N6O7S. The first kappa shape index (κ1) is 31.3. The zero-order valence-corrected chi connectivity index (χ0v) is 23.8. The summed E-state index contributed by atoms with van der Waals surface area (Å²) in [6.07, 6.45) is -5.69. The molecule has 0 spiro atoms. The average Bonchev–Trinajstić information content (AvgIpc) is 3.40. The number of aromatic nitrogens is 2. The number of rotatable bonds is 11. The number of benzene rings is 2. The summed E-state index contributed by atoms with van der Waals surface area (Å²) in [6, 6.07) is 12.6. The molecule has 0 aliphatic carbocycles. The van der Waals surface area contributed by atoms with Crippen molar-refractivity contribution in [2.75, 3.05) is 26.5 Å². The van der Waals surface area contributed by atoms with Crippen LogP contribution in [-0.2, 0) is 35.3 Å². The van der Waals surface area contributed by atoms with Crippen LogP contribution in [0.15, 0.2) is 70.0 Å². The van der Waals surface area contributed by atoms with Crippen molar-refractivity contribution in [1.29, 1.82) is 0 Å². The zero-order chi connectivity index (χ0) is 31.2. The van der Waals surface area contributed by atoms with E-state index in [0.29, 0.717) is 18.7 Å². The highest BCUT2D eigenvalue weighted by Gasteiger charge is 2.35. The summed E-state index contributed by atoms with van der Waals surface area (Å²) < 4.78 is 78.3. The number of esters is 1. The molecule has 1 fully saturated rings. The van der Waals surface area contributed by atoms with Gasteiger partial charge in [-0.3, -0.25) is 9.80 Å². The average molecular weight is 625 g/mol. The molecule has 2 heterocycles. The molecule has 1 saturated heterocycles. The van der Waals surface area contributed by atoms with E-state index in [1.807, 2.05) is 6.92 Å². The predicted octanol–water partition coefficient (Wildman–Crippen LogP) is 4.42. The van der Waals surface area contributed by atoms with Crippen molar-refractivity contribution in [3.63, 3.8) is 0 Å². The SMILES string of the molecule is CCC(=O)OCO/N=N\N1CC(COC(=O)NS(=O)(=O)c2ccc(-n3nc(C(F)(F)F)cc3-c3ccc(C)cc3)cc2)C1. The van der Waals surface area contributed by atoms with Gasteiger partial charge < -0.3 is 14.3 Å². The largest absolute Gasteiger partial charge is 0.448 e. The fourth-order valence-electron chi connectivity index (χ4n) is 3.82. The van der Waals surface area contributed by atoms with Crippen molar-refractivity contribution in [1.82, 2.24) is 19.5 Å². The highest BCUT2D eigenvalue weighted by Crippen LogP contribution is 2.33. The van der Waals surface area contributed by atoms with E-state index in [1.54, 1.807) is 35.9 Å². The summed E-state index contributed by atoms with van der Waals surface area (Å²) in [5, 5.41) is 12.3. The van der Waals surface area contributed by atoms with E-state index >= 15 is 0 Å². The van der Waals surface area contributed by atoms with Crippen LogP contribution in [0.3, 0.4) is 0 Å². The molecule has 0 atom stereocenters. The van der Waals surface area contributed by atoms with Gasteiger partial charge in [-0.15, -0.1) is 0 Å². The molecule has 17 heteroatoms. The van der Waals surface area contributed by atoms with E-state index in [4.69, 9.17) is 4.74 Å². The summed E-state index contributed by atoms with van der Waals surface area (Å²) in [6.45, 7) is 3.73. The van der Waals surface area contributed by atoms with Gasteiger partial charge in [-0.25, -0.2) is 22.6 Å². The number of hydrogen-bond acceptors (Lipinski definition) is 10. The van der Waals surface area contributed by atoms with Crippen molar-refractivity contribution >= 4 is 22.1 Å². The maximum absolute atomic E-state index is 13.4. The number of aryl methyl sites for hydroxylation is 1. The van der Waals surface area contributed by atoms with E-state index in [1.165, 1.54) is 17.1 Å². The highest BCUT2D eigenvalue weighted by molar-refractivity contribution is 7.90. The number of carbonyl (C=O) groups is 2. The van der Waals surface area contributed by atoms with E-state index in [9.17, 15) is 31.2 Å². The van der Waals surface area contributed by atoms with Crippen LogP contribution in [-0.4, -0.2) is 61.8 Å². The van der Waals surface area contributed by atoms with Gasteiger partial charge in [0.1, 0.15) is 0 Å². The summed E-state index contributed by atoms with van der Waals surface area (Å²) in [5.74, 6) is -0.582. The van der Waals surface area contributed by atoms with E-state index in [-0.39, 0.29) is 42.0 Å². The number of ether oxygens (including phenoxy) is 2. The molecule has 1 aromatic heterocycles. The minimum Gasteiger partial charge on any atom is -0.448 e. The Labute approximate surface area is 244 Å². The number of hydrogen-bond donors (Lipinski definition) is 1. The molecule has 230 valence electrons. The van der Waals surface area contributed by atoms with Crippen LogP contribution in [0.4, 0.5) is 18.0 Å². The van der Waals surface area contributed by atoms with Crippen LogP contribution < -0.4 is 4.72 Å². The van der Waals surface area contributed by atoms with Crippen LogP contribution in [0.1, 0.15) is 24.6 Å². The second kappa shape index (κ2) is 13.1. The minimum absolute atomic E-state index is 0.0933. The van der Waals surface area contributed by atoms with E-state index < -0.39 is 34.0 Å². The van der Waals surface area contributed by atoms with Crippen LogP contribution in [0.25, 0.3) is 16.9 Å². The molecule has 1 N–H and O–H groups in total. The lowest BCUT2D eigenvalue weighted by atomic mass is 10.0. The molecule has 0 radical (unpaired) electrons. The fourth-order valence-corrected chi connectivity index (χ4v) is 4.71. The lowest BCUT2D eigenvalue weighted by Gasteiger charge is -2.34. The molecule has 1 amide bonds. The Morgan fingerprint density at radius 1 is 1.07 bits per heavy atom. The number of nitrogens with zero attached hydrogens (tertiary/aromatic N) is 5. The molecule has 13 nitrogen and oxygen atoms in total. The van der Waals surface area contributed by atoms with Crippen molar-refractivity contribution < 1.29 is 45.5 Å². The van der Waals surface area contributed by atoms with Gasteiger partial charge in [0.2, 0.25) is 0 Å². The molecule has 2 aromatic carbocycles. The number of carbonyl (C=O) groups excluding carboxylic acids is 2. The van der Waals surface area contributed by atoms with Crippen LogP contribution in [0, 0.1) is 12.8 Å². The lowest BCUT2D eigenvalue weighted by Crippen LogP contribution is -2.46. The Bertz CT molecular complexity index is 1570. The number of halogens is 3. The number of nitrogens with one attached hydrogen (secondary N) is 1. The van der Waals surface area contributed by atoms with E-state index in [2.05, 4.69) is 25.2 Å². The summed E-state index contributed by atoms with van der Waals surface area (Å²) in [7, 11) is -4.35. The minimum atomic E-state index is -4.69. The van der Waals surface area contributed by atoms with Crippen molar-refractivity contribution in [3.05, 3.63) is 65.9 Å². The second-order valence-electron chi connectivity index (χ2n) is 9.41. The van der Waals surface area contributed by atoms with Crippen LogP contribution in [0.2, 0.25) is 0 Å². The third-order valence-corrected chi connectivity index (χ3v) is 7.45. The molecule has 0 saturated carbocycles. The van der Waals surface area contributed by atoms with Crippen LogP contribution in [0.5, 0.6) is 0 Å². The fraction of sp³-hybridized carbons (Fsp3) is 0.346. The highest BCUT2D eigenvalue weighted by atomic mass is 32.2. The Hall–Kier alpha value is -4.67. The topological polar surface area (TPSA) is 154 Å². The molecule has 1 aliphatic heterocycles. The molecule has 1 aliphatic rings. The third-order valence-electron chi connectivity index (χ3n) is 6.13. The summed E-state index contributed by atoms with van der Waals surface area (Å²) >= 11 is 0. The molecule has 0 unspecified atom stereocenters. The quantitative estimate of drug-likeness (QED) is 0.107. The molecule has 4 rings (SSSR count). The van der Waals surface area contributed by atoms with Gasteiger partial charge in [0, 0.05) is 36.3 Å². The van der Waals surface area contributed by atoms with Gasteiger partial charge in [0.05, 0.1) is 22.9 Å². The van der Waals surface area contributed by atoms with Crippen LogP contribution >= 0.6 is 0 Å². The number of alkyl halides is 3.